The zero-order valence-corrected chi connectivity index (χ0v) is 15.0. The molecule has 0 heterocycles. The highest BCUT2D eigenvalue weighted by Crippen LogP contribution is 2.11. The van der Waals surface area contributed by atoms with Crippen LogP contribution >= 0.6 is 0 Å². The topological polar surface area (TPSA) is 90.9 Å². The van der Waals surface area contributed by atoms with Gasteiger partial charge in [-0.25, -0.2) is 4.79 Å². The molecule has 0 radical (unpaired) electrons. The predicted molar refractivity (Wildman–Crippen MR) is 98.5 cm³/mol. The van der Waals surface area contributed by atoms with E-state index < -0.39 is 24.5 Å². The van der Waals surface area contributed by atoms with Gasteiger partial charge in [-0.1, -0.05) is 18.2 Å². The summed E-state index contributed by atoms with van der Waals surface area (Å²) < 4.78 is 15.2. The van der Waals surface area contributed by atoms with Crippen LogP contribution in [0, 0.1) is 0 Å². The van der Waals surface area contributed by atoms with E-state index in [9.17, 15) is 14.4 Å². The molecule has 142 valence electrons. The molecule has 1 N–H and O–H groups in total. The zero-order valence-electron chi connectivity index (χ0n) is 15.0. The van der Waals surface area contributed by atoms with Gasteiger partial charge in [0.15, 0.2) is 6.61 Å². The first-order chi connectivity index (χ1) is 13.1. The van der Waals surface area contributed by atoms with E-state index in [0.29, 0.717) is 23.6 Å². The molecule has 0 spiro atoms. The molecule has 0 saturated carbocycles. The van der Waals surface area contributed by atoms with Crippen molar-refractivity contribution in [3.8, 4) is 5.75 Å². The minimum absolute atomic E-state index is 0.0381. The lowest BCUT2D eigenvalue weighted by atomic mass is 10.2. The van der Waals surface area contributed by atoms with Crippen molar-refractivity contribution in [2.24, 2.45) is 0 Å². The van der Waals surface area contributed by atoms with Gasteiger partial charge in [-0.15, -0.1) is 0 Å². The third kappa shape index (κ3) is 7.19. The maximum Gasteiger partial charge on any atom is 0.338 e. The van der Waals surface area contributed by atoms with Crippen molar-refractivity contribution in [1.29, 1.82) is 0 Å². The van der Waals surface area contributed by atoms with Gasteiger partial charge >= 0.3 is 11.9 Å². The predicted octanol–water partition coefficient (Wildman–Crippen LogP) is 2.81. The second-order valence-corrected chi connectivity index (χ2v) is 5.42. The summed E-state index contributed by atoms with van der Waals surface area (Å²) in [5.41, 5.74) is 0.871. The number of anilines is 1. The van der Waals surface area contributed by atoms with Crippen molar-refractivity contribution in [1.82, 2.24) is 0 Å². The lowest BCUT2D eigenvalue weighted by Gasteiger charge is -2.08. The molecular weight excluding hydrogens is 350 g/mol. The Morgan fingerprint density at radius 3 is 2.30 bits per heavy atom. The first-order valence-electron chi connectivity index (χ1n) is 8.49. The number of hydrogen-bond donors (Lipinski definition) is 1. The SMILES string of the molecule is CCOC(=O)c1ccc(NC(=O)COC(=O)CCOc2ccccc2)cc1. The molecule has 0 fully saturated rings. The van der Waals surface area contributed by atoms with E-state index in [1.165, 1.54) is 0 Å². The molecular formula is C20H21NO6. The molecule has 2 rings (SSSR count). The number of para-hydroxylation sites is 1. The van der Waals surface area contributed by atoms with Crippen LogP contribution < -0.4 is 10.1 Å². The zero-order chi connectivity index (χ0) is 19.5. The highest BCUT2D eigenvalue weighted by molar-refractivity contribution is 5.94. The van der Waals surface area contributed by atoms with Crippen molar-refractivity contribution in [3.05, 3.63) is 60.2 Å². The maximum absolute atomic E-state index is 11.8. The summed E-state index contributed by atoms with van der Waals surface area (Å²) >= 11 is 0. The number of hydrogen-bond acceptors (Lipinski definition) is 6. The van der Waals surface area contributed by atoms with Crippen LogP contribution in [0.5, 0.6) is 5.75 Å². The summed E-state index contributed by atoms with van der Waals surface area (Å²) in [6, 6.07) is 15.3. The fourth-order valence-corrected chi connectivity index (χ4v) is 2.09. The van der Waals surface area contributed by atoms with Crippen LogP contribution in [-0.2, 0) is 19.1 Å². The quantitative estimate of drug-likeness (QED) is 0.682. The number of amides is 1. The van der Waals surface area contributed by atoms with Crippen molar-refractivity contribution >= 4 is 23.5 Å². The summed E-state index contributed by atoms with van der Waals surface area (Å²) in [4.78, 5) is 35.0. The Balaban J connectivity index is 1.67. The molecule has 7 heteroatoms. The van der Waals surface area contributed by atoms with E-state index in [1.807, 2.05) is 18.2 Å². The van der Waals surface area contributed by atoms with E-state index >= 15 is 0 Å². The highest BCUT2D eigenvalue weighted by Gasteiger charge is 2.10. The summed E-state index contributed by atoms with van der Waals surface area (Å²) in [5, 5.41) is 2.58. The van der Waals surface area contributed by atoms with Crippen LogP contribution in [0.2, 0.25) is 0 Å². The van der Waals surface area contributed by atoms with Gasteiger partial charge in [0, 0.05) is 5.69 Å². The van der Waals surface area contributed by atoms with Crippen LogP contribution in [0.25, 0.3) is 0 Å². The van der Waals surface area contributed by atoms with Crippen LogP contribution in [0.15, 0.2) is 54.6 Å². The van der Waals surface area contributed by atoms with E-state index in [2.05, 4.69) is 5.32 Å². The molecule has 2 aromatic rings. The van der Waals surface area contributed by atoms with Gasteiger partial charge in [0.2, 0.25) is 0 Å². The molecule has 0 bridgehead atoms. The summed E-state index contributed by atoms with van der Waals surface area (Å²) in [5.74, 6) is -0.772. The molecule has 27 heavy (non-hydrogen) atoms. The van der Waals surface area contributed by atoms with E-state index in [0.717, 1.165) is 0 Å². The number of benzene rings is 2. The summed E-state index contributed by atoms with van der Waals surface area (Å²) in [6.07, 6.45) is 0.0381. The third-order valence-corrected chi connectivity index (χ3v) is 3.36. The first kappa shape index (κ1) is 20.0. The fraction of sp³-hybridized carbons (Fsp3) is 0.250. The molecule has 0 aliphatic carbocycles. The van der Waals surface area contributed by atoms with Gasteiger partial charge < -0.3 is 19.5 Å². The Kier molecular flexibility index (Phi) is 7.84. The van der Waals surface area contributed by atoms with Crippen molar-refractivity contribution in [3.63, 3.8) is 0 Å². The van der Waals surface area contributed by atoms with Crippen LogP contribution in [0.1, 0.15) is 23.7 Å². The largest absolute Gasteiger partial charge is 0.493 e. The normalized spacial score (nSPS) is 9.96. The van der Waals surface area contributed by atoms with Gasteiger partial charge in [0.25, 0.3) is 5.91 Å². The second kappa shape index (κ2) is 10.6. The second-order valence-electron chi connectivity index (χ2n) is 5.42. The molecule has 2 aromatic carbocycles. The van der Waals surface area contributed by atoms with Crippen LogP contribution in [0.4, 0.5) is 5.69 Å². The fourth-order valence-electron chi connectivity index (χ4n) is 2.09. The van der Waals surface area contributed by atoms with Gasteiger partial charge in [0.1, 0.15) is 5.75 Å². The summed E-state index contributed by atoms with van der Waals surface area (Å²) in [7, 11) is 0. The van der Waals surface area contributed by atoms with Crippen molar-refractivity contribution in [2.75, 3.05) is 25.1 Å². The number of carbonyl (C=O) groups is 3. The lowest BCUT2D eigenvalue weighted by Crippen LogP contribution is -2.21. The molecule has 0 saturated heterocycles. The Labute approximate surface area is 157 Å². The van der Waals surface area contributed by atoms with Crippen LogP contribution in [-0.4, -0.2) is 37.7 Å². The molecule has 1 amide bonds. The van der Waals surface area contributed by atoms with Gasteiger partial charge in [-0.3, -0.25) is 9.59 Å². The Bertz CT molecular complexity index is 758. The monoisotopic (exact) mass is 371 g/mol. The molecule has 0 aliphatic heterocycles. The lowest BCUT2D eigenvalue weighted by molar-refractivity contribution is -0.147. The smallest absolute Gasteiger partial charge is 0.338 e. The van der Waals surface area contributed by atoms with E-state index in [4.69, 9.17) is 14.2 Å². The number of rotatable bonds is 9. The molecule has 7 nitrogen and oxygen atoms in total. The summed E-state index contributed by atoms with van der Waals surface area (Å²) in [6.45, 7) is 1.78. The Morgan fingerprint density at radius 1 is 0.926 bits per heavy atom. The third-order valence-electron chi connectivity index (χ3n) is 3.36. The minimum Gasteiger partial charge on any atom is -0.493 e. The molecule has 0 aliphatic rings. The number of ether oxygens (including phenoxy) is 3. The minimum atomic E-state index is -0.529. The Hall–Kier alpha value is -3.35. The number of carbonyl (C=O) groups excluding carboxylic acids is 3. The van der Waals surface area contributed by atoms with Gasteiger partial charge in [0.05, 0.1) is 25.2 Å². The number of esters is 2. The van der Waals surface area contributed by atoms with Crippen LogP contribution in [0.3, 0.4) is 0 Å². The van der Waals surface area contributed by atoms with E-state index in [-0.39, 0.29) is 13.0 Å². The highest BCUT2D eigenvalue weighted by atomic mass is 16.5. The van der Waals surface area contributed by atoms with Gasteiger partial charge in [-0.05, 0) is 43.3 Å². The standard InChI is InChI=1S/C20H21NO6/c1-2-25-20(24)15-8-10-16(11-9-15)21-18(22)14-27-19(23)12-13-26-17-6-4-3-5-7-17/h3-11H,2,12-14H2,1H3,(H,21,22). The first-order valence-corrected chi connectivity index (χ1v) is 8.49. The molecule has 0 unspecified atom stereocenters. The van der Waals surface area contributed by atoms with Crippen molar-refractivity contribution < 1.29 is 28.6 Å². The number of nitrogens with one attached hydrogen (secondary N) is 1. The maximum atomic E-state index is 11.8. The average Bonchev–Trinajstić information content (AvgIpc) is 2.68. The Morgan fingerprint density at radius 2 is 1.63 bits per heavy atom. The van der Waals surface area contributed by atoms with Gasteiger partial charge in [-0.2, -0.15) is 0 Å². The molecule has 0 aromatic heterocycles. The van der Waals surface area contributed by atoms with E-state index in [1.54, 1.807) is 43.3 Å². The van der Waals surface area contributed by atoms with Crippen molar-refractivity contribution in [2.45, 2.75) is 13.3 Å². The average molecular weight is 371 g/mol. The molecule has 0 atom stereocenters.